The van der Waals surface area contributed by atoms with Crippen LogP contribution >= 0.6 is 11.8 Å². The first-order chi connectivity index (χ1) is 14.9. The second-order valence-corrected chi connectivity index (χ2v) is 10.2. The van der Waals surface area contributed by atoms with Crippen LogP contribution in [-0.4, -0.2) is 47.2 Å². The zero-order valence-corrected chi connectivity index (χ0v) is 18.2. The van der Waals surface area contributed by atoms with Crippen LogP contribution in [0.5, 0.6) is 5.75 Å². The first kappa shape index (κ1) is 20.0. The van der Waals surface area contributed by atoms with Gasteiger partial charge in [0.05, 0.1) is 6.54 Å². The van der Waals surface area contributed by atoms with Crippen molar-refractivity contribution in [3.8, 4) is 5.75 Å². The van der Waals surface area contributed by atoms with E-state index in [1.54, 1.807) is 16.4 Å². The van der Waals surface area contributed by atoms with Crippen molar-refractivity contribution in [3.05, 3.63) is 71.5 Å². The van der Waals surface area contributed by atoms with Crippen LogP contribution in [0, 0.1) is 0 Å². The average molecular weight is 437 g/mol. The summed E-state index contributed by atoms with van der Waals surface area (Å²) >= 11 is 1.71. The van der Waals surface area contributed by atoms with Crippen LogP contribution in [0.2, 0.25) is 0 Å². The van der Waals surface area contributed by atoms with Crippen LogP contribution < -0.4 is 10.5 Å². The van der Waals surface area contributed by atoms with E-state index in [1.807, 2.05) is 59.5 Å². The minimum absolute atomic E-state index is 0.0151. The van der Waals surface area contributed by atoms with Crippen LogP contribution in [0.1, 0.15) is 36.8 Å². The van der Waals surface area contributed by atoms with Gasteiger partial charge < -0.3 is 15.4 Å². The van der Waals surface area contributed by atoms with Gasteiger partial charge in [-0.15, -0.1) is 16.9 Å². The Morgan fingerprint density at radius 1 is 1.10 bits per heavy atom. The fourth-order valence-corrected chi connectivity index (χ4v) is 5.76. The Hall–Kier alpha value is -2.91. The Morgan fingerprint density at radius 2 is 1.84 bits per heavy atom. The fraction of sp³-hybridized carbons (Fsp3) is 0.364. The summed E-state index contributed by atoms with van der Waals surface area (Å²) in [7, 11) is 0. The Morgan fingerprint density at radius 3 is 2.58 bits per heavy atom. The number of ether oxygens (including phenoxy) is 1. The molecule has 3 atom stereocenters. The van der Waals surface area contributed by atoms with Crippen LogP contribution in [0.15, 0.2) is 54.6 Å². The van der Waals surface area contributed by atoms with E-state index in [4.69, 9.17) is 10.5 Å². The van der Waals surface area contributed by atoms with E-state index < -0.39 is 6.04 Å². The Bertz CT molecular complexity index is 1080. The Labute approximate surface area is 184 Å². The number of carbonyl (C=O) groups is 1. The molecule has 0 spiro atoms. The highest BCUT2D eigenvalue weighted by Crippen LogP contribution is 2.56. The maximum atomic E-state index is 12.4. The molecule has 2 unspecified atom stereocenters. The predicted octanol–water partition coefficient (Wildman–Crippen LogP) is 2.36. The molecule has 2 aromatic carbocycles. The molecular formula is C22H24N6O2S. The SMILES string of the molecule is CC1(C)S[C@H]2C(N)C(=O)N2C1c1nnnn1Cc1ccc(OCc2ccccc2)cc1. The molecule has 160 valence electrons. The van der Waals surface area contributed by atoms with Gasteiger partial charge in [-0.05, 0) is 47.5 Å². The molecule has 2 saturated heterocycles. The number of fused-ring (bicyclic) bond motifs is 1. The van der Waals surface area contributed by atoms with E-state index in [2.05, 4.69) is 29.4 Å². The maximum Gasteiger partial charge on any atom is 0.244 e. The van der Waals surface area contributed by atoms with Crippen molar-refractivity contribution >= 4 is 17.7 Å². The average Bonchev–Trinajstić information content (AvgIpc) is 3.32. The van der Waals surface area contributed by atoms with E-state index in [9.17, 15) is 4.79 Å². The molecule has 0 bridgehead atoms. The van der Waals surface area contributed by atoms with Crippen molar-refractivity contribution in [2.45, 2.75) is 49.2 Å². The zero-order valence-electron chi connectivity index (χ0n) is 17.4. The quantitative estimate of drug-likeness (QED) is 0.592. The summed E-state index contributed by atoms with van der Waals surface area (Å²) in [6.07, 6.45) is 0. The third-order valence-electron chi connectivity index (χ3n) is 5.79. The van der Waals surface area contributed by atoms with Crippen molar-refractivity contribution in [3.63, 3.8) is 0 Å². The fourth-order valence-electron chi connectivity index (χ4n) is 4.19. The minimum Gasteiger partial charge on any atom is -0.489 e. The van der Waals surface area contributed by atoms with Gasteiger partial charge in [-0.2, -0.15) is 0 Å². The summed E-state index contributed by atoms with van der Waals surface area (Å²) in [5.41, 5.74) is 8.17. The van der Waals surface area contributed by atoms with Crippen molar-refractivity contribution in [1.29, 1.82) is 0 Å². The molecule has 1 aromatic heterocycles. The van der Waals surface area contributed by atoms with Gasteiger partial charge in [0.1, 0.15) is 29.8 Å². The smallest absolute Gasteiger partial charge is 0.244 e. The van der Waals surface area contributed by atoms with Crippen molar-refractivity contribution in [2.24, 2.45) is 5.73 Å². The molecule has 0 aliphatic carbocycles. The van der Waals surface area contributed by atoms with Crippen molar-refractivity contribution in [1.82, 2.24) is 25.1 Å². The van der Waals surface area contributed by atoms with Crippen LogP contribution in [0.25, 0.3) is 0 Å². The van der Waals surface area contributed by atoms with E-state index >= 15 is 0 Å². The highest BCUT2D eigenvalue weighted by molar-refractivity contribution is 8.01. The molecular weight excluding hydrogens is 412 g/mol. The molecule has 2 N–H and O–H groups in total. The lowest BCUT2D eigenvalue weighted by Crippen LogP contribution is -2.65. The molecule has 2 aliphatic heterocycles. The van der Waals surface area contributed by atoms with Gasteiger partial charge in [-0.1, -0.05) is 42.5 Å². The summed E-state index contributed by atoms with van der Waals surface area (Å²) in [6, 6.07) is 17.3. The number of rotatable bonds is 6. The molecule has 8 nitrogen and oxygen atoms in total. The summed E-state index contributed by atoms with van der Waals surface area (Å²) < 4.78 is 7.41. The summed E-state index contributed by atoms with van der Waals surface area (Å²) in [5.74, 6) is 1.45. The molecule has 3 heterocycles. The van der Waals surface area contributed by atoms with Crippen LogP contribution in [-0.2, 0) is 17.9 Å². The molecule has 0 radical (unpaired) electrons. The normalized spacial score (nSPS) is 24.0. The standard InChI is InChI=1S/C22H24N6O2S/c1-22(2)18(28-20(29)17(23)21(28)31-22)19-24-25-26-27(19)12-14-8-10-16(11-9-14)30-13-15-6-4-3-5-7-15/h3-11,17-18,21H,12-13,23H2,1-2H3/t17?,18?,21-/m0/s1. The lowest BCUT2D eigenvalue weighted by Gasteiger charge is -2.42. The minimum atomic E-state index is -0.443. The monoisotopic (exact) mass is 436 g/mol. The third kappa shape index (κ3) is 3.57. The second kappa shape index (κ2) is 7.65. The van der Waals surface area contributed by atoms with Gasteiger partial charge in [0.2, 0.25) is 5.91 Å². The summed E-state index contributed by atoms with van der Waals surface area (Å²) in [6.45, 7) is 5.26. The zero-order chi connectivity index (χ0) is 21.6. The number of nitrogens with two attached hydrogens (primary N) is 1. The molecule has 2 fully saturated rings. The summed E-state index contributed by atoms with van der Waals surface area (Å²) in [5, 5.41) is 12.4. The summed E-state index contributed by atoms with van der Waals surface area (Å²) in [4.78, 5) is 14.2. The second-order valence-electron chi connectivity index (χ2n) is 8.40. The van der Waals surface area contributed by atoms with E-state index in [1.165, 1.54) is 0 Å². The number of hydrogen-bond acceptors (Lipinski definition) is 7. The predicted molar refractivity (Wildman–Crippen MR) is 117 cm³/mol. The van der Waals surface area contributed by atoms with Gasteiger partial charge in [0, 0.05) is 4.75 Å². The topological polar surface area (TPSA) is 99.2 Å². The number of nitrogens with zero attached hydrogens (tertiary/aromatic N) is 5. The molecule has 31 heavy (non-hydrogen) atoms. The number of tetrazole rings is 1. The number of aromatic nitrogens is 4. The number of benzene rings is 2. The number of β-lactam (4-membered cyclic amide) rings is 1. The molecule has 0 saturated carbocycles. The Kier molecular flexibility index (Phi) is 4.94. The van der Waals surface area contributed by atoms with Gasteiger partial charge in [0.25, 0.3) is 0 Å². The molecule has 9 heteroatoms. The van der Waals surface area contributed by atoms with Gasteiger partial charge in [-0.25, -0.2) is 4.68 Å². The number of amides is 1. The number of hydrogen-bond donors (Lipinski definition) is 1. The largest absolute Gasteiger partial charge is 0.489 e. The van der Waals surface area contributed by atoms with Crippen molar-refractivity contribution in [2.75, 3.05) is 0 Å². The van der Waals surface area contributed by atoms with Gasteiger partial charge in [-0.3, -0.25) is 4.79 Å². The van der Waals surface area contributed by atoms with E-state index in [0.717, 1.165) is 16.9 Å². The Balaban J connectivity index is 1.30. The van der Waals surface area contributed by atoms with Crippen LogP contribution in [0.3, 0.4) is 0 Å². The lowest BCUT2D eigenvalue weighted by atomic mass is 9.95. The molecule has 3 aromatic rings. The van der Waals surface area contributed by atoms with E-state index in [0.29, 0.717) is 19.0 Å². The first-order valence-electron chi connectivity index (χ1n) is 10.2. The lowest BCUT2D eigenvalue weighted by molar-refractivity contribution is -0.147. The number of thioether (sulfide) groups is 1. The van der Waals surface area contributed by atoms with E-state index in [-0.39, 0.29) is 22.1 Å². The molecule has 5 rings (SSSR count). The third-order valence-corrected chi connectivity index (χ3v) is 7.38. The highest BCUT2D eigenvalue weighted by atomic mass is 32.2. The van der Waals surface area contributed by atoms with Gasteiger partial charge >= 0.3 is 0 Å². The van der Waals surface area contributed by atoms with Crippen LogP contribution in [0.4, 0.5) is 0 Å². The molecule has 1 amide bonds. The highest BCUT2D eigenvalue weighted by Gasteiger charge is 2.62. The van der Waals surface area contributed by atoms with Gasteiger partial charge in [0.15, 0.2) is 5.82 Å². The van der Waals surface area contributed by atoms with Crippen molar-refractivity contribution < 1.29 is 9.53 Å². The molecule has 2 aliphatic rings. The number of carbonyl (C=O) groups excluding carboxylic acids is 1. The maximum absolute atomic E-state index is 12.4. The first-order valence-corrected chi connectivity index (χ1v) is 11.1.